The summed E-state index contributed by atoms with van der Waals surface area (Å²) in [7, 11) is 1.59. The third-order valence-corrected chi connectivity index (χ3v) is 2.60. The first-order valence-corrected chi connectivity index (χ1v) is 6.04. The second kappa shape index (κ2) is 7.55. The first-order chi connectivity index (χ1) is 8.65. The molecule has 0 saturated carbocycles. The van der Waals surface area contributed by atoms with E-state index in [9.17, 15) is 4.79 Å². The molecule has 1 unspecified atom stereocenters. The first-order valence-electron chi connectivity index (χ1n) is 6.04. The summed E-state index contributed by atoms with van der Waals surface area (Å²) in [6, 6.07) is 7.01. The van der Waals surface area contributed by atoms with Crippen LogP contribution in [-0.2, 0) is 0 Å². The van der Waals surface area contributed by atoms with E-state index in [-0.39, 0.29) is 6.03 Å². The smallest absolute Gasteiger partial charge is 0.319 e. The molecule has 0 fully saturated rings. The predicted molar refractivity (Wildman–Crippen MR) is 72.9 cm³/mol. The molecular formula is C13H21N3O2. The highest BCUT2D eigenvalue weighted by molar-refractivity contribution is 5.89. The van der Waals surface area contributed by atoms with Crippen LogP contribution in [0, 0.1) is 5.92 Å². The summed E-state index contributed by atoms with van der Waals surface area (Å²) in [5.41, 5.74) is 6.16. The highest BCUT2D eigenvalue weighted by Crippen LogP contribution is 2.16. The Kier molecular flexibility index (Phi) is 6.00. The normalized spacial score (nSPS) is 11.7. The van der Waals surface area contributed by atoms with Crippen molar-refractivity contribution in [3.8, 4) is 5.75 Å². The third-order valence-electron chi connectivity index (χ3n) is 2.60. The van der Waals surface area contributed by atoms with Gasteiger partial charge in [0.2, 0.25) is 0 Å². The molecule has 5 heteroatoms. The molecule has 1 aromatic rings. The zero-order valence-electron chi connectivity index (χ0n) is 10.9. The van der Waals surface area contributed by atoms with Gasteiger partial charge in [-0.25, -0.2) is 4.79 Å². The maximum absolute atomic E-state index is 11.6. The molecular weight excluding hydrogens is 230 g/mol. The van der Waals surface area contributed by atoms with Gasteiger partial charge in [0, 0.05) is 18.3 Å². The van der Waals surface area contributed by atoms with Crippen LogP contribution in [0.5, 0.6) is 5.75 Å². The SMILES string of the molecule is COc1cccc(NC(=O)NCC(C)CCN)c1. The van der Waals surface area contributed by atoms with Gasteiger partial charge in [-0.1, -0.05) is 13.0 Å². The van der Waals surface area contributed by atoms with E-state index < -0.39 is 0 Å². The number of hydrogen-bond donors (Lipinski definition) is 3. The van der Waals surface area contributed by atoms with Crippen molar-refractivity contribution >= 4 is 11.7 Å². The molecule has 0 aliphatic rings. The van der Waals surface area contributed by atoms with E-state index in [4.69, 9.17) is 10.5 Å². The fraction of sp³-hybridized carbons (Fsp3) is 0.462. The number of carbonyl (C=O) groups excluding carboxylic acids is 1. The molecule has 0 saturated heterocycles. The lowest BCUT2D eigenvalue weighted by molar-refractivity contribution is 0.250. The number of benzene rings is 1. The summed E-state index contributed by atoms with van der Waals surface area (Å²) in [5.74, 6) is 1.09. The van der Waals surface area contributed by atoms with E-state index in [1.54, 1.807) is 13.2 Å². The largest absolute Gasteiger partial charge is 0.497 e. The van der Waals surface area contributed by atoms with Crippen molar-refractivity contribution < 1.29 is 9.53 Å². The van der Waals surface area contributed by atoms with Gasteiger partial charge in [0.25, 0.3) is 0 Å². The van der Waals surface area contributed by atoms with Crippen molar-refractivity contribution in [2.24, 2.45) is 11.7 Å². The van der Waals surface area contributed by atoms with Crippen molar-refractivity contribution in [2.75, 3.05) is 25.5 Å². The maximum atomic E-state index is 11.6. The number of nitrogens with one attached hydrogen (secondary N) is 2. The Bertz CT molecular complexity index is 382. The minimum Gasteiger partial charge on any atom is -0.497 e. The summed E-state index contributed by atoms with van der Waals surface area (Å²) < 4.78 is 5.08. The second-order valence-electron chi connectivity index (χ2n) is 4.25. The molecule has 1 aromatic carbocycles. The first kappa shape index (κ1) is 14.3. The standard InChI is InChI=1S/C13H21N3O2/c1-10(6-7-14)9-15-13(17)16-11-4-3-5-12(8-11)18-2/h3-5,8,10H,6-7,9,14H2,1-2H3,(H2,15,16,17). The van der Waals surface area contributed by atoms with Crippen LogP contribution in [0.1, 0.15) is 13.3 Å². The van der Waals surface area contributed by atoms with Crippen molar-refractivity contribution in [3.05, 3.63) is 24.3 Å². The molecule has 100 valence electrons. The summed E-state index contributed by atoms with van der Waals surface area (Å²) in [4.78, 5) is 11.6. The predicted octanol–water partition coefficient (Wildman–Crippen LogP) is 1.80. The van der Waals surface area contributed by atoms with Crippen LogP contribution in [0.15, 0.2) is 24.3 Å². The van der Waals surface area contributed by atoms with Crippen LogP contribution >= 0.6 is 0 Å². The van der Waals surface area contributed by atoms with Crippen LogP contribution in [0.3, 0.4) is 0 Å². The van der Waals surface area contributed by atoms with Crippen LogP contribution in [0.25, 0.3) is 0 Å². The quantitative estimate of drug-likeness (QED) is 0.721. The monoisotopic (exact) mass is 251 g/mol. The van der Waals surface area contributed by atoms with Gasteiger partial charge in [-0.2, -0.15) is 0 Å². The number of nitrogens with two attached hydrogens (primary N) is 1. The second-order valence-corrected chi connectivity index (χ2v) is 4.25. The van der Waals surface area contributed by atoms with Crippen molar-refractivity contribution in [1.82, 2.24) is 5.32 Å². The molecule has 1 rings (SSSR count). The average molecular weight is 251 g/mol. The Morgan fingerprint density at radius 1 is 1.50 bits per heavy atom. The number of ether oxygens (including phenoxy) is 1. The number of anilines is 1. The van der Waals surface area contributed by atoms with Gasteiger partial charge < -0.3 is 21.1 Å². The molecule has 0 spiro atoms. The Balaban J connectivity index is 2.39. The van der Waals surface area contributed by atoms with Crippen LogP contribution in [0.4, 0.5) is 10.5 Å². The van der Waals surface area contributed by atoms with Crippen LogP contribution < -0.4 is 21.1 Å². The number of amides is 2. The van der Waals surface area contributed by atoms with Crippen molar-refractivity contribution in [2.45, 2.75) is 13.3 Å². The zero-order chi connectivity index (χ0) is 13.4. The number of rotatable bonds is 6. The Hall–Kier alpha value is -1.75. The highest BCUT2D eigenvalue weighted by atomic mass is 16.5. The molecule has 0 aliphatic carbocycles. The van der Waals surface area contributed by atoms with Gasteiger partial charge in [0.15, 0.2) is 0 Å². The molecule has 1 atom stereocenters. The van der Waals surface area contributed by atoms with E-state index >= 15 is 0 Å². The molecule has 0 bridgehead atoms. The minimum atomic E-state index is -0.216. The number of methoxy groups -OCH3 is 1. The summed E-state index contributed by atoms with van der Waals surface area (Å²) in [5, 5.41) is 5.56. The molecule has 18 heavy (non-hydrogen) atoms. The minimum absolute atomic E-state index is 0.216. The molecule has 4 N–H and O–H groups in total. The Labute approximate surface area is 108 Å². The average Bonchev–Trinajstić information content (AvgIpc) is 2.37. The van der Waals surface area contributed by atoms with Gasteiger partial charge in [-0.15, -0.1) is 0 Å². The lowest BCUT2D eigenvalue weighted by Crippen LogP contribution is -2.32. The lowest BCUT2D eigenvalue weighted by Gasteiger charge is -2.12. The fourth-order valence-electron chi connectivity index (χ4n) is 1.53. The van der Waals surface area contributed by atoms with Crippen LogP contribution in [0.2, 0.25) is 0 Å². The van der Waals surface area contributed by atoms with Gasteiger partial charge in [0.1, 0.15) is 5.75 Å². The van der Waals surface area contributed by atoms with Crippen LogP contribution in [-0.4, -0.2) is 26.2 Å². The van der Waals surface area contributed by atoms with Gasteiger partial charge >= 0.3 is 6.03 Å². The maximum Gasteiger partial charge on any atom is 0.319 e. The molecule has 0 heterocycles. The lowest BCUT2D eigenvalue weighted by atomic mass is 10.1. The van der Waals surface area contributed by atoms with E-state index in [1.165, 1.54) is 0 Å². The Morgan fingerprint density at radius 3 is 2.94 bits per heavy atom. The number of carbonyl (C=O) groups is 1. The molecule has 5 nitrogen and oxygen atoms in total. The topological polar surface area (TPSA) is 76.4 Å². The van der Waals surface area contributed by atoms with Crippen molar-refractivity contribution in [1.29, 1.82) is 0 Å². The summed E-state index contributed by atoms with van der Waals surface area (Å²) in [6.07, 6.45) is 0.902. The van der Waals surface area contributed by atoms with Gasteiger partial charge in [-0.05, 0) is 31.0 Å². The molecule has 0 aromatic heterocycles. The van der Waals surface area contributed by atoms with Gasteiger partial charge in [0.05, 0.1) is 7.11 Å². The third kappa shape index (κ3) is 5.05. The fourth-order valence-corrected chi connectivity index (χ4v) is 1.53. The van der Waals surface area contributed by atoms with E-state index in [2.05, 4.69) is 17.6 Å². The van der Waals surface area contributed by atoms with E-state index in [0.29, 0.717) is 30.4 Å². The molecule has 0 aliphatic heterocycles. The highest BCUT2D eigenvalue weighted by Gasteiger charge is 2.05. The molecule has 0 radical (unpaired) electrons. The van der Waals surface area contributed by atoms with Gasteiger partial charge in [-0.3, -0.25) is 0 Å². The van der Waals surface area contributed by atoms with E-state index in [0.717, 1.165) is 6.42 Å². The van der Waals surface area contributed by atoms with E-state index in [1.807, 2.05) is 18.2 Å². The summed E-state index contributed by atoms with van der Waals surface area (Å²) in [6.45, 7) is 3.31. The van der Waals surface area contributed by atoms with Crippen molar-refractivity contribution in [3.63, 3.8) is 0 Å². The zero-order valence-corrected chi connectivity index (χ0v) is 10.9. The summed E-state index contributed by atoms with van der Waals surface area (Å²) >= 11 is 0. The Morgan fingerprint density at radius 2 is 2.28 bits per heavy atom. The molecule has 2 amide bonds. The number of hydrogen-bond acceptors (Lipinski definition) is 3. The number of urea groups is 1.